The largest absolute Gasteiger partial charge is 0.491 e. The van der Waals surface area contributed by atoms with Gasteiger partial charge in [-0.2, -0.15) is 0 Å². The number of nitrogens with two attached hydrogens (primary N) is 1. The fraction of sp³-hybridized carbons (Fsp3) is 0.368. The van der Waals surface area contributed by atoms with E-state index in [4.69, 9.17) is 10.5 Å². The van der Waals surface area contributed by atoms with Crippen LogP contribution < -0.4 is 10.5 Å². The third-order valence-electron chi connectivity index (χ3n) is 3.40. The van der Waals surface area contributed by atoms with Gasteiger partial charge in [-0.05, 0) is 57.4 Å². The highest BCUT2D eigenvalue weighted by Crippen LogP contribution is 2.22. The zero-order valence-electron chi connectivity index (χ0n) is 13.4. The lowest BCUT2D eigenvalue weighted by atomic mass is 9.97. The predicted molar refractivity (Wildman–Crippen MR) is 88.8 cm³/mol. The highest BCUT2D eigenvalue weighted by molar-refractivity contribution is 5.33. The SMILES string of the molecule is Cc1cc(C)cc(CC(N)c2cccc(OC(C)C)c2)c1. The molecule has 21 heavy (non-hydrogen) atoms. The van der Waals surface area contributed by atoms with Crippen molar-refractivity contribution in [1.29, 1.82) is 0 Å². The molecule has 0 saturated heterocycles. The van der Waals surface area contributed by atoms with Gasteiger partial charge in [0.25, 0.3) is 0 Å². The van der Waals surface area contributed by atoms with Crippen molar-refractivity contribution in [2.45, 2.75) is 46.3 Å². The molecular weight excluding hydrogens is 258 g/mol. The molecule has 2 aromatic carbocycles. The molecule has 0 aromatic heterocycles. The van der Waals surface area contributed by atoms with E-state index < -0.39 is 0 Å². The number of hydrogen-bond donors (Lipinski definition) is 1. The Morgan fingerprint density at radius 1 is 1.00 bits per heavy atom. The summed E-state index contributed by atoms with van der Waals surface area (Å²) in [5.74, 6) is 0.887. The third-order valence-corrected chi connectivity index (χ3v) is 3.40. The Hall–Kier alpha value is -1.80. The minimum atomic E-state index is -0.0121. The average Bonchev–Trinajstić information content (AvgIpc) is 2.36. The van der Waals surface area contributed by atoms with Crippen LogP contribution >= 0.6 is 0 Å². The van der Waals surface area contributed by atoms with Crippen molar-refractivity contribution >= 4 is 0 Å². The molecule has 0 aliphatic carbocycles. The number of aryl methyl sites for hydroxylation is 2. The lowest BCUT2D eigenvalue weighted by molar-refractivity contribution is 0.242. The molecule has 2 aromatic rings. The Morgan fingerprint density at radius 3 is 2.29 bits per heavy atom. The van der Waals surface area contributed by atoms with Gasteiger partial charge >= 0.3 is 0 Å². The summed E-state index contributed by atoms with van der Waals surface area (Å²) in [6.45, 7) is 8.31. The standard InChI is InChI=1S/C19H25NO/c1-13(2)21-18-7-5-6-17(12-18)19(20)11-16-9-14(3)8-15(4)10-16/h5-10,12-13,19H,11,20H2,1-4H3. The molecule has 2 heteroatoms. The summed E-state index contributed by atoms with van der Waals surface area (Å²) < 4.78 is 5.74. The topological polar surface area (TPSA) is 35.2 Å². The van der Waals surface area contributed by atoms with Gasteiger partial charge in [0, 0.05) is 6.04 Å². The predicted octanol–water partition coefficient (Wildman–Crippen LogP) is 4.33. The third kappa shape index (κ3) is 4.61. The molecule has 2 rings (SSSR count). The number of ether oxygens (including phenoxy) is 1. The maximum atomic E-state index is 6.37. The van der Waals surface area contributed by atoms with Gasteiger partial charge in [-0.3, -0.25) is 0 Å². The Balaban J connectivity index is 2.14. The summed E-state index contributed by atoms with van der Waals surface area (Å²) in [7, 11) is 0. The molecule has 0 radical (unpaired) electrons. The van der Waals surface area contributed by atoms with Crippen molar-refractivity contribution < 1.29 is 4.74 Å². The maximum Gasteiger partial charge on any atom is 0.120 e. The van der Waals surface area contributed by atoms with E-state index in [0.29, 0.717) is 0 Å². The summed E-state index contributed by atoms with van der Waals surface area (Å²) in [5.41, 5.74) is 11.3. The van der Waals surface area contributed by atoms with Gasteiger partial charge in [-0.1, -0.05) is 41.5 Å². The van der Waals surface area contributed by atoms with Gasteiger partial charge in [-0.15, -0.1) is 0 Å². The number of benzene rings is 2. The lowest BCUT2D eigenvalue weighted by Crippen LogP contribution is -2.14. The Morgan fingerprint density at radius 2 is 1.67 bits per heavy atom. The highest BCUT2D eigenvalue weighted by Gasteiger charge is 2.09. The summed E-state index contributed by atoms with van der Waals surface area (Å²) in [6, 6.07) is 14.7. The van der Waals surface area contributed by atoms with Crippen molar-refractivity contribution in [2.75, 3.05) is 0 Å². The van der Waals surface area contributed by atoms with Crippen molar-refractivity contribution in [1.82, 2.24) is 0 Å². The van der Waals surface area contributed by atoms with Crippen LogP contribution in [0.15, 0.2) is 42.5 Å². The smallest absolute Gasteiger partial charge is 0.120 e. The number of rotatable bonds is 5. The molecule has 1 unspecified atom stereocenters. The van der Waals surface area contributed by atoms with Crippen LogP contribution in [-0.4, -0.2) is 6.10 Å². The molecule has 0 aliphatic heterocycles. The second-order valence-corrected chi connectivity index (χ2v) is 6.05. The van der Waals surface area contributed by atoms with Gasteiger partial charge in [-0.25, -0.2) is 0 Å². The monoisotopic (exact) mass is 283 g/mol. The second kappa shape index (κ2) is 6.77. The fourth-order valence-corrected chi connectivity index (χ4v) is 2.65. The average molecular weight is 283 g/mol. The molecular formula is C19H25NO. The van der Waals surface area contributed by atoms with Crippen LogP contribution in [0.25, 0.3) is 0 Å². The van der Waals surface area contributed by atoms with E-state index in [2.05, 4.69) is 38.1 Å². The molecule has 0 fully saturated rings. The minimum absolute atomic E-state index is 0.0121. The van der Waals surface area contributed by atoms with Gasteiger partial charge in [0.2, 0.25) is 0 Å². The van der Waals surface area contributed by atoms with Crippen LogP contribution in [0.3, 0.4) is 0 Å². The summed E-state index contributed by atoms with van der Waals surface area (Å²) in [6.07, 6.45) is 1.02. The fourth-order valence-electron chi connectivity index (χ4n) is 2.65. The van der Waals surface area contributed by atoms with Gasteiger partial charge < -0.3 is 10.5 Å². The second-order valence-electron chi connectivity index (χ2n) is 6.05. The van der Waals surface area contributed by atoms with E-state index in [0.717, 1.165) is 17.7 Å². The van der Waals surface area contributed by atoms with E-state index in [1.807, 2.05) is 32.0 Å². The van der Waals surface area contributed by atoms with E-state index in [9.17, 15) is 0 Å². The number of hydrogen-bond acceptors (Lipinski definition) is 2. The van der Waals surface area contributed by atoms with Crippen LogP contribution in [0.2, 0.25) is 0 Å². The van der Waals surface area contributed by atoms with Crippen molar-refractivity contribution in [3.63, 3.8) is 0 Å². The first kappa shape index (κ1) is 15.6. The maximum absolute atomic E-state index is 6.37. The van der Waals surface area contributed by atoms with Crippen LogP contribution in [-0.2, 0) is 6.42 Å². The molecule has 0 bridgehead atoms. The van der Waals surface area contributed by atoms with Crippen LogP contribution in [0.4, 0.5) is 0 Å². The van der Waals surface area contributed by atoms with Gasteiger partial charge in [0.05, 0.1) is 6.10 Å². The quantitative estimate of drug-likeness (QED) is 0.886. The summed E-state index contributed by atoms with van der Waals surface area (Å²) in [4.78, 5) is 0. The van der Waals surface area contributed by atoms with Gasteiger partial charge in [0.1, 0.15) is 5.75 Å². The minimum Gasteiger partial charge on any atom is -0.491 e. The zero-order valence-corrected chi connectivity index (χ0v) is 13.4. The van der Waals surface area contributed by atoms with E-state index >= 15 is 0 Å². The molecule has 0 amide bonds. The molecule has 0 aliphatic rings. The Kier molecular flexibility index (Phi) is 5.03. The van der Waals surface area contributed by atoms with E-state index in [1.54, 1.807) is 0 Å². The Labute approximate surface area is 127 Å². The van der Waals surface area contributed by atoms with Crippen LogP contribution in [0.5, 0.6) is 5.75 Å². The first-order chi connectivity index (χ1) is 9.94. The first-order valence-electron chi connectivity index (χ1n) is 7.53. The molecule has 2 N–H and O–H groups in total. The first-order valence-corrected chi connectivity index (χ1v) is 7.53. The normalized spacial score (nSPS) is 12.5. The molecule has 112 valence electrons. The summed E-state index contributed by atoms with van der Waals surface area (Å²) in [5, 5.41) is 0. The lowest BCUT2D eigenvalue weighted by Gasteiger charge is -2.16. The van der Waals surface area contributed by atoms with E-state index in [-0.39, 0.29) is 12.1 Å². The molecule has 0 saturated carbocycles. The van der Waals surface area contributed by atoms with Gasteiger partial charge in [0.15, 0.2) is 0 Å². The molecule has 0 heterocycles. The van der Waals surface area contributed by atoms with Crippen molar-refractivity contribution in [3.8, 4) is 5.75 Å². The van der Waals surface area contributed by atoms with Crippen molar-refractivity contribution in [3.05, 3.63) is 64.7 Å². The van der Waals surface area contributed by atoms with Crippen molar-refractivity contribution in [2.24, 2.45) is 5.73 Å². The van der Waals surface area contributed by atoms with Crippen LogP contribution in [0.1, 0.15) is 42.1 Å². The zero-order chi connectivity index (χ0) is 15.4. The molecule has 2 nitrogen and oxygen atoms in total. The Bertz CT molecular complexity index is 584. The molecule has 0 spiro atoms. The molecule has 1 atom stereocenters. The van der Waals surface area contributed by atoms with E-state index in [1.165, 1.54) is 16.7 Å². The van der Waals surface area contributed by atoms with Crippen LogP contribution in [0, 0.1) is 13.8 Å². The highest BCUT2D eigenvalue weighted by atomic mass is 16.5. The summed E-state index contributed by atoms with van der Waals surface area (Å²) >= 11 is 0.